The van der Waals surface area contributed by atoms with Gasteiger partial charge in [0.1, 0.15) is 0 Å². The quantitative estimate of drug-likeness (QED) is 0.445. The van der Waals surface area contributed by atoms with Crippen LogP contribution in [0.5, 0.6) is 0 Å². The molecule has 0 aliphatic carbocycles. The van der Waals surface area contributed by atoms with E-state index in [0.717, 1.165) is 6.08 Å². The van der Waals surface area contributed by atoms with Gasteiger partial charge in [0.15, 0.2) is 11.9 Å². The van der Waals surface area contributed by atoms with E-state index < -0.39 is 18.0 Å². The van der Waals surface area contributed by atoms with Crippen LogP contribution in [-0.4, -0.2) is 34.7 Å². The summed E-state index contributed by atoms with van der Waals surface area (Å²) in [5.41, 5.74) is 0. The van der Waals surface area contributed by atoms with Crippen LogP contribution in [0, 0.1) is 5.92 Å². The zero-order valence-corrected chi connectivity index (χ0v) is 9.80. The molecule has 2 N–H and O–H groups in total. The minimum Gasteiger partial charge on any atom is -0.479 e. The van der Waals surface area contributed by atoms with E-state index in [0.29, 0.717) is 25.7 Å². The number of carbonyl (C=O) groups excluding carboxylic acids is 1. The van der Waals surface area contributed by atoms with E-state index in [2.05, 4.69) is 6.58 Å². The molecule has 0 aromatic heterocycles. The van der Waals surface area contributed by atoms with Gasteiger partial charge in [-0.1, -0.05) is 19.4 Å². The van der Waals surface area contributed by atoms with Crippen LogP contribution in [0.25, 0.3) is 0 Å². The Labute approximate surface area is 101 Å². The summed E-state index contributed by atoms with van der Waals surface area (Å²) in [5.74, 6) is -2.11. The van der Waals surface area contributed by atoms with Crippen LogP contribution in [0.15, 0.2) is 12.7 Å². The highest BCUT2D eigenvalue weighted by atomic mass is 16.4. The van der Waals surface area contributed by atoms with Gasteiger partial charge in [-0.2, -0.15) is 0 Å². The number of allylic oxidation sites excluding steroid dienone is 1. The van der Waals surface area contributed by atoms with Crippen molar-refractivity contribution in [2.24, 2.45) is 5.92 Å². The Morgan fingerprint density at radius 3 is 2.35 bits per heavy atom. The molecule has 5 heteroatoms. The van der Waals surface area contributed by atoms with Gasteiger partial charge >= 0.3 is 5.97 Å². The molecule has 5 nitrogen and oxygen atoms in total. The van der Waals surface area contributed by atoms with E-state index in [9.17, 15) is 19.8 Å². The van der Waals surface area contributed by atoms with Crippen LogP contribution in [0.2, 0.25) is 0 Å². The highest BCUT2D eigenvalue weighted by molar-refractivity contribution is 5.91. The second-order valence-electron chi connectivity index (χ2n) is 3.95. The van der Waals surface area contributed by atoms with Crippen LogP contribution < -0.4 is 0 Å². The summed E-state index contributed by atoms with van der Waals surface area (Å²) in [6.07, 6.45) is 1.95. The molecule has 0 saturated carbocycles. The third-order valence-corrected chi connectivity index (χ3v) is 2.59. The number of rotatable bonds is 10. The molecular formula is C12H19O5. The number of carboxylic acids is 1. The molecule has 17 heavy (non-hydrogen) atoms. The molecule has 0 aromatic carbocycles. The molecule has 2 atom stereocenters. The van der Waals surface area contributed by atoms with Crippen molar-refractivity contribution in [2.75, 3.05) is 6.61 Å². The third kappa shape index (κ3) is 6.86. The molecule has 97 valence electrons. The number of unbranched alkanes of at least 4 members (excludes halogenated alkanes) is 2. The van der Waals surface area contributed by atoms with Gasteiger partial charge in [-0.3, -0.25) is 4.79 Å². The Bertz CT molecular complexity index is 262. The fourth-order valence-electron chi connectivity index (χ4n) is 1.58. The van der Waals surface area contributed by atoms with Crippen molar-refractivity contribution < 1.29 is 24.9 Å². The average Bonchev–Trinajstić information content (AvgIpc) is 2.31. The molecule has 0 aliphatic heterocycles. The summed E-state index contributed by atoms with van der Waals surface area (Å²) in [5, 5.41) is 28.0. The Hall–Kier alpha value is -1.20. The maximum Gasteiger partial charge on any atom is 0.332 e. The summed E-state index contributed by atoms with van der Waals surface area (Å²) in [7, 11) is 0. The summed E-state index contributed by atoms with van der Waals surface area (Å²) in [4.78, 5) is 21.9. The number of aliphatic hydroxyl groups excluding tert-OH is 1. The number of carboxylic acid groups (broad SMARTS) is 1. The molecule has 0 aromatic rings. The van der Waals surface area contributed by atoms with Gasteiger partial charge < -0.3 is 10.2 Å². The first-order valence-corrected chi connectivity index (χ1v) is 5.68. The zero-order valence-electron chi connectivity index (χ0n) is 9.80. The number of aliphatic hydroxyl groups is 1. The molecule has 2 unspecified atom stereocenters. The summed E-state index contributed by atoms with van der Waals surface area (Å²) < 4.78 is 0. The molecule has 1 radical (unpaired) electrons. The van der Waals surface area contributed by atoms with Crippen molar-refractivity contribution in [1.82, 2.24) is 0 Å². The van der Waals surface area contributed by atoms with E-state index in [1.807, 2.05) is 0 Å². The van der Waals surface area contributed by atoms with E-state index in [4.69, 9.17) is 5.11 Å². The monoisotopic (exact) mass is 243 g/mol. The average molecular weight is 243 g/mol. The normalized spacial score (nSPS) is 14.0. The van der Waals surface area contributed by atoms with Crippen molar-refractivity contribution in [3.63, 3.8) is 0 Å². The SMILES string of the molecule is C=CC(=O)C(CCCCC[O])CC(O)C(=O)O. The van der Waals surface area contributed by atoms with Crippen molar-refractivity contribution in [3.05, 3.63) is 12.7 Å². The molecular weight excluding hydrogens is 224 g/mol. The van der Waals surface area contributed by atoms with Gasteiger partial charge in [-0.25, -0.2) is 9.90 Å². The number of hydrogen-bond donors (Lipinski definition) is 2. The lowest BCUT2D eigenvalue weighted by Crippen LogP contribution is -2.26. The lowest BCUT2D eigenvalue weighted by molar-refractivity contribution is -0.147. The number of hydrogen-bond acceptors (Lipinski definition) is 3. The minimum absolute atomic E-state index is 0.0996. The minimum atomic E-state index is -1.52. The third-order valence-electron chi connectivity index (χ3n) is 2.59. The Kier molecular flexibility index (Phi) is 8.27. The van der Waals surface area contributed by atoms with E-state index in [1.54, 1.807) is 0 Å². The number of ketones is 1. The van der Waals surface area contributed by atoms with Gasteiger partial charge in [0.25, 0.3) is 0 Å². The summed E-state index contributed by atoms with van der Waals surface area (Å²) in [6, 6.07) is 0. The Balaban J connectivity index is 4.19. The largest absolute Gasteiger partial charge is 0.479 e. The molecule has 0 fully saturated rings. The lowest BCUT2D eigenvalue weighted by atomic mass is 9.91. The van der Waals surface area contributed by atoms with Crippen molar-refractivity contribution >= 4 is 11.8 Å². The highest BCUT2D eigenvalue weighted by Gasteiger charge is 2.23. The maximum atomic E-state index is 11.4. The van der Waals surface area contributed by atoms with Crippen LogP contribution in [0.3, 0.4) is 0 Å². The van der Waals surface area contributed by atoms with Gasteiger partial charge in [0.05, 0.1) is 6.61 Å². The number of aliphatic carboxylic acids is 1. The van der Waals surface area contributed by atoms with Crippen LogP contribution >= 0.6 is 0 Å². The second kappa shape index (κ2) is 8.90. The molecule has 0 heterocycles. The van der Waals surface area contributed by atoms with Crippen molar-refractivity contribution in [2.45, 2.75) is 38.2 Å². The predicted molar refractivity (Wildman–Crippen MR) is 61.0 cm³/mol. The predicted octanol–water partition coefficient (Wildman–Crippen LogP) is 1.18. The fourth-order valence-corrected chi connectivity index (χ4v) is 1.58. The van der Waals surface area contributed by atoms with Crippen molar-refractivity contribution in [1.29, 1.82) is 0 Å². The molecule has 0 aliphatic rings. The molecule has 0 saturated heterocycles. The molecule has 0 bridgehead atoms. The van der Waals surface area contributed by atoms with Gasteiger partial charge in [0, 0.05) is 5.92 Å². The van der Waals surface area contributed by atoms with Crippen LogP contribution in [0.4, 0.5) is 0 Å². The Morgan fingerprint density at radius 1 is 1.24 bits per heavy atom. The van der Waals surface area contributed by atoms with E-state index in [-0.39, 0.29) is 18.8 Å². The van der Waals surface area contributed by atoms with Crippen molar-refractivity contribution in [3.8, 4) is 0 Å². The smallest absolute Gasteiger partial charge is 0.332 e. The van der Waals surface area contributed by atoms with Gasteiger partial charge in [-0.15, -0.1) is 0 Å². The topological polar surface area (TPSA) is 94.5 Å². The fraction of sp³-hybridized carbons (Fsp3) is 0.667. The standard InChI is InChI=1S/C12H19O5/c1-2-10(14)9(6-4-3-5-7-13)8-11(15)12(16)17/h2,9,11,15H,1,3-8H2,(H,16,17). The van der Waals surface area contributed by atoms with Crippen LogP contribution in [-0.2, 0) is 14.7 Å². The van der Waals surface area contributed by atoms with Gasteiger partial charge in [-0.05, 0) is 25.3 Å². The second-order valence-corrected chi connectivity index (χ2v) is 3.95. The molecule has 0 rings (SSSR count). The summed E-state index contributed by atoms with van der Waals surface area (Å²) in [6.45, 7) is 3.21. The van der Waals surface area contributed by atoms with Gasteiger partial charge in [0.2, 0.25) is 0 Å². The zero-order chi connectivity index (χ0) is 13.3. The van der Waals surface area contributed by atoms with E-state index in [1.165, 1.54) is 0 Å². The summed E-state index contributed by atoms with van der Waals surface area (Å²) >= 11 is 0. The van der Waals surface area contributed by atoms with E-state index >= 15 is 0 Å². The maximum absolute atomic E-state index is 11.4. The first-order valence-electron chi connectivity index (χ1n) is 5.68. The first kappa shape index (κ1) is 15.8. The lowest BCUT2D eigenvalue weighted by Gasteiger charge is -2.15. The molecule has 0 amide bonds. The highest BCUT2D eigenvalue weighted by Crippen LogP contribution is 2.17. The van der Waals surface area contributed by atoms with Crippen LogP contribution in [0.1, 0.15) is 32.1 Å². The number of carbonyl (C=O) groups is 2. The Morgan fingerprint density at radius 2 is 1.88 bits per heavy atom. The first-order chi connectivity index (χ1) is 8.02. The molecule has 0 spiro atoms.